The van der Waals surface area contributed by atoms with Crippen molar-refractivity contribution in [3.8, 4) is 0 Å². The van der Waals surface area contributed by atoms with Crippen LogP contribution in [0.15, 0.2) is 12.3 Å². The van der Waals surface area contributed by atoms with Crippen molar-refractivity contribution in [1.29, 1.82) is 0 Å². The summed E-state index contributed by atoms with van der Waals surface area (Å²) in [5.74, 6) is 0. The van der Waals surface area contributed by atoms with Crippen LogP contribution in [-0.4, -0.2) is 28.9 Å². The second-order valence-corrected chi connectivity index (χ2v) is 1.73. The first-order chi connectivity index (χ1) is 4.22. The summed E-state index contributed by atoms with van der Waals surface area (Å²) in [6.45, 7) is 0.200. The molecule has 0 aromatic rings. The Morgan fingerprint density at radius 3 is 2.44 bits per heavy atom. The summed E-state index contributed by atoms with van der Waals surface area (Å²) >= 11 is 0. The Kier molecular flexibility index (Phi) is 4.04. The molecule has 0 fully saturated rings. The molecule has 0 saturated heterocycles. The van der Waals surface area contributed by atoms with Gasteiger partial charge in [0.25, 0.3) is 0 Å². The fourth-order valence-corrected chi connectivity index (χ4v) is 0.370. The van der Waals surface area contributed by atoms with Gasteiger partial charge in [0.1, 0.15) is 0 Å². The molecule has 2 atom stereocenters. The minimum Gasteiger partial charge on any atom is -0.516 e. The molecule has 0 saturated carbocycles. The molecule has 6 N–H and O–H groups in total. The Bertz CT molecular complexity index is 95.0. The molecule has 0 rings (SSSR count). The number of aliphatic hydroxyl groups is 2. The van der Waals surface area contributed by atoms with Crippen LogP contribution in [0.25, 0.3) is 0 Å². The van der Waals surface area contributed by atoms with E-state index in [1.165, 1.54) is 6.08 Å². The third-order valence-corrected chi connectivity index (χ3v) is 0.994. The summed E-state index contributed by atoms with van der Waals surface area (Å²) in [7, 11) is 0. The van der Waals surface area contributed by atoms with E-state index in [1.807, 2.05) is 0 Å². The van der Waals surface area contributed by atoms with E-state index in [2.05, 4.69) is 0 Å². The molecule has 0 aliphatic heterocycles. The van der Waals surface area contributed by atoms with Gasteiger partial charge in [0.05, 0.1) is 12.4 Å². The minimum atomic E-state index is -0.847. The topological polar surface area (TPSA) is 92.5 Å². The van der Waals surface area contributed by atoms with E-state index in [-0.39, 0.29) is 6.54 Å². The predicted molar refractivity (Wildman–Crippen MR) is 34.8 cm³/mol. The van der Waals surface area contributed by atoms with E-state index < -0.39 is 12.1 Å². The van der Waals surface area contributed by atoms with Gasteiger partial charge in [0.2, 0.25) is 0 Å². The molecule has 4 heteroatoms. The van der Waals surface area contributed by atoms with Gasteiger partial charge in [0, 0.05) is 12.6 Å². The SMILES string of the molecule is NCC(N)C(O)C=CO. The summed E-state index contributed by atoms with van der Waals surface area (Å²) in [5.41, 5.74) is 10.4. The smallest absolute Gasteiger partial charge is 0.0916 e. The normalized spacial score (nSPS) is 18.1. The van der Waals surface area contributed by atoms with Gasteiger partial charge in [-0.3, -0.25) is 0 Å². The maximum absolute atomic E-state index is 8.87. The van der Waals surface area contributed by atoms with Crippen LogP contribution in [0.4, 0.5) is 0 Å². The quantitative estimate of drug-likeness (QED) is 0.359. The van der Waals surface area contributed by atoms with Gasteiger partial charge >= 0.3 is 0 Å². The van der Waals surface area contributed by atoms with Crippen LogP contribution in [0.1, 0.15) is 0 Å². The summed E-state index contributed by atoms with van der Waals surface area (Å²) in [6.07, 6.45) is 1.08. The van der Waals surface area contributed by atoms with Crippen LogP contribution < -0.4 is 11.5 Å². The van der Waals surface area contributed by atoms with E-state index in [1.54, 1.807) is 0 Å². The van der Waals surface area contributed by atoms with Crippen molar-refractivity contribution in [3.05, 3.63) is 12.3 Å². The average Bonchev–Trinajstić information content (AvgIpc) is 1.87. The highest BCUT2D eigenvalue weighted by molar-refractivity contribution is 4.89. The Balaban J connectivity index is 3.58. The van der Waals surface area contributed by atoms with E-state index in [0.29, 0.717) is 0 Å². The molecular formula is C5H12N2O2. The van der Waals surface area contributed by atoms with Gasteiger partial charge in [0.15, 0.2) is 0 Å². The van der Waals surface area contributed by atoms with Crippen LogP contribution in [0.2, 0.25) is 0 Å². The van der Waals surface area contributed by atoms with E-state index in [4.69, 9.17) is 21.7 Å². The molecule has 0 bridgehead atoms. The third-order valence-electron chi connectivity index (χ3n) is 0.994. The second kappa shape index (κ2) is 4.31. The van der Waals surface area contributed by atoms with Crippen LogP contribution in [0.3, 0.4) is 0 Å². The number of rotatable bonds is 3. The van der Waals surface area contributed by atoms with Crippen LogP contribution in [-0.2, 0) is 0 Å². The fraction of sp³-hybridized carbons (Fsp3) is 0.600. The molecule has 54 valence electrons. The minimum absolute atomic E-state index is 0.200. The average molecular weight is 132 g/mol. The molecule has 4 nitrogen and oxygen atoms in total. The van der Waals surface area contributed by atoms with Crippen LogP contribution >= 0.6 is 0 Å². The maximum Gasteiger partial charge on any atom is 0.0916 e. The summed E-state index contributed by atoms with van der Waals surface area (Å²) < 4.78 is 0. The van der Waals surface area contributed by atoms with Crippen molar-refractivity contribution in [2.45, 2.75) is 12.1 Å². The number of hydrogen-bond donors (Lipinski definition) is 4. The molecule has 0 amide bonds. The van der Waals surface area contributed by atoms with Gasteiger partial charge in [-0.2, -0.15) is 0 Å². The molecule has 0 radical (unpaired) electrons. The molecule has 0 heterocycles. The standard InChI is InChI=1S/C5H12N2O2/c6-3-4(7)5(9)1-2-8/h1-2,4-5,8-9H,3,6-7H2. The zero-order valence-corrected chi connectivity index (χ0v) is 5.07. The fourth-order valence-electron chi connectivity index (χ4n) is 0.370. The Morgan fingerprint density at radius 2 is 2.11 bits per heavy atom. The number of nitrogens with two attached hydrogens (primary N) is 2. The lowest BCUT2D eigenvalue weighted by Gasteiger charge is -2.11. The summed E-state index contributed by atoms with van der Waals surface area (Å²) in [5, 5.41) is 17.0. The Labute approximate surface area is 53.8 Å². The van der Waals surface area contributed by atoms with Crippen LogP contribution in [0, 0.1) is 0 Å². The van der Waals surface area contributed by atoms with E-state index in [9.17, 15) is 0 Å². The van der Waals surface area contributed by atoms with E-state index >= 15 is 0 Å². The first kappa shape index (κ1) is 8.42. The zero-order valence-electron chi connectivity index (χ0n) is 5.07. The molecule has 0 aliphatic rings. The number of hydrogen-bond acceptors (Lipinski definition) is 4. The lowest BCUT2D eigenvalue weighted by Crippen LogP contribution is -2.39. The second-order valence-electron chi connectivity index (χ2n) is 1.73. The first-order valence-electron chi connectivity index (χ1n) is 2.67. The van der Waals surface area contributed by atoms with Gasteiger partial charge in [-0.15, -0.1) is 0 Å². The summed E-state index contributed by atoms with van der Waals surface area (Å²) in [6, 6.07) is -0.492. The highest BCUT2D eigenvalue weighted by Gasteiger charge is 2.07. The van der Waals surface area contributed by atoms with Crippen molar-refractivity contribution < 1.29 is 10.2 Å². The number of aliphatic hydroxyl groups excluding tert-OH is 2. The van der Waals surface area contributed by atoms with Crippen LogP contribution in [0.5, 0.6) is 0 Å². The molecule has 9 heavy (non-hydrogen) atoms. The van der Waals surface area contributed by atoms with Crippen molar-refractivity contribution in [1.82, 2.24) is 0 Å². The monoisotopic (exact) mass is 132 g/mol. The predicted octanol–water partition coefficient (Wildman–Crippen LogP) is -1.29. The van der Waals surface area contributed by atoms with Gasteiger partial charge in [-0.25, -0.2) is 0 Å². The molecule has 0 aromatic heterocycles. The largest absolute Gasteiger partial charge is 0.516 e. The molecular weight excluding hydrogens is 120 g/mol. The maximum atomic E-state index is 8.87. The van der Waals surface area contributed by atoms with Crippen molar-refractivity contribution >= 4 is 0 Å². The van der Waals surface area contributed by atoms with Gasteiger partial charge < -0.3 is 21.7 Å². The van der Waals surface area contributed by atoms with Crippen molar-refractivity contribution in [3.63, 3.8) is 0 Å². The van der Waals surface area contributed by atoms with Gasteiger partial charge in [-0.05, 0) is 6.08 Å². The molecule has 0 aliphatic carbocycles. The first-order valence-corrected chi connectivity index (χ1v) is 2.67. The molecule has 0 spiro atoms. The Morgan fingerprint density at radius 1 is 1.56 bits per heavy atom. The van der Waals surface area contributed by atoms with Crippen molar-refractivity contribution in [2.24, 2.45) is 11.5 Å². The highest BCUT2D eigenvalue weighted by Crippen LogP contribution is 1.88. The lowest BCUT2D eigenvalue weighted by atomic mass is 10.2. The third kappa shape index (κ3) is 3.07. The zero-order chi connectivity index (χ0) is 7.28. The Hall–Kier alpha value is -0.580. The lowest BCUT2D eigenvalue weighted by molar-refractivity contribution is 0.191. The van der Waals surface area contributed by atoms with Crippen molar-refractivity contribution in [2.75, 3.05) is 6.54 Å². The molecule has 0 aromatic carbocycles. The highest BCUT2D eigenvalue weighted by atomic mass is 16.3. The summed E-state index contributed by atoms with van der Waals surface area (Å²) in [4.78, 5) is 0. The van der Waals surface area contributed by atoms with E-state index in [0.717, 1.165) is 6.26 Å². The van der Waals surface area contributed by atoms with Gasteiger partial charge in [-0.1, -0.05) is 0 Å². The molecule has 2 unspecified atom stereocenters.